The molecular weight excluding hydrogens is 377 g/mol. The van der Waals surface area contributed by atoms with Crippen LogP contribution in [0.3, 0.4) is 0 Å². The smallest absolute Gasteiger partial charge is 0.416 e. The lowest BCUT2D eigenvalue weighted by atomic mass is 10.1. The summed E-state index contributed by atoms with van der Waals surface area (Å²) in [6.07, 6.45) is -1.30. The molecule has 8 heteroatoms. The molecule has 0 heterocycles. The van der Waals surface area contributed by atoms with Gasteiger partial charge in [-0.1, -0.05) is 12.1 Å². The maximum Gasteiger partial charge on any atom is 0.416 e. The van der Waals surface area contributed by atoms with Gasteiger partial charge in [-0.2, -0.15) is 18.4 Å². The molecule has 1 amide bonds. The van der Waals surface area contributed by atoms with Crippen molar-refractivity contribution in [2.75, 3.05) is 18.7 Å². The number of benzene rings is 2. The standard InChI is InChI=1S/C19H15F3N2O2S/c1-26-16-9-12(6-7-17(16)27-2)8-13(11-23)18(25)24-15-5-3-4-14(10-15)19(20,21)22/h3-10H,1-2H3,(H,24,25). The second kappa shape index (κ2) is 8.64. The predicted octanol–water partition coefficient (Wildman–Crippen LogP) is 4.98. The van der Waals surface area contributed by atoms with Crippen molar-refractivity contribution in [2.45, 2.75) is 11.1 Å². The van der Waals surface area contributed by atoms with Crippen LogP contribution in [-0.4, -0.2) is 19.3 Å². The van der Waals surface area contributed by atoms with Gasteiger partial charge in [0.2, 0.25) is 0 Å². The monoisotopic (exact) mass is 392 g/mol. The average Bonchev–Trinajstić information content (AvgIpc) is 2.65. The lowest BCUT2D eigenvalue weighted by molar-refractivity contribution is -0.137. The van der Waals surface area contributed by atoms with Gasteiger partial charge >= 0.3 is 6.18 Å². The third kappa shape index (κ3) is 5.28. The highest BCUT2D eigenvalue weighted by atomic mass is 32.2. The summed E-state index contributed by atoms with van der Waals surface area (Å²) < 4.78 is 43.5. The van der Waals surface area contributed by atoms with Gasteiger partial charge in [0.25, 0.3) is 5.91 Å². The molecule has 0 aliphatic heterocycles. The van der Waals surface area contributed by atoms with E-state index >= 15 is 0 Å². The summed E-state index contributed by atoms with van der Waals surface area (Å²) in [5.41, 5.74) is -0.627. The Morgan fingerprint density at radius 1 is 1.26 bits per heavy atom. The number of ether oxygens (including phenoxy) is 1. The van der Waals surface area contributed by atoms with E-state index in [0.29, 0.717) is 11.3 Å². The highest BCUT2D eigenvalue weighted by molar-refractivity contribution is 7.98. The molecule has 0 saturated heterocycles. The molecular formula is C19H15F3N2O2S. The Hall–Kier alpha value is -2.92. The van der Waals surface area contributed by atoms with E-state index in [4.69, 9.17) is 4.74 Å². The SMILES string of the molecule is COc1cc(C=C(C#N)C(=O)Nc2cccc(C(F)(F)F)c2)ccc1SC. The summed E-state index contributed by atoms with van der Waals surface area (Å²) in [4.78, 5) is 13.2. The summed E-state index contributed by atoms with van der Waals surface area (Å²) in [5, 5.41) is 11.6. The van der Waals surface area contributed by atoms with Crippen molar-refractivity contribution in [3.05, 3.63) is 59.2 Å². The first-order valence-corrected chi connectivity index (χ1v) is 8.83. The Kier molecular flexibility index (Phi) is 6.53. The van der Waals surface area contributed by atoms with Crippen molar-refractivity contribution in [1.29, 1.82) is 5.26 Å². The van der Waals surface area contributed by atoms with Gasteiger partial charge in [-0.25, -0.2) is 0 Å². The van der Waals surface area contributed by atoms with E-state index in [1.54, 1.807) is 24.3 Å². The number of hydrogen-bond donors (Lipinski definition) is 1. The van der Waals surface area contributed by atoms with E-state index in [9.17, 15) is 23.2 Å². The molecule has 0 bridgehead atoms. The van der Waals surface area contributed by atoms with Crippen LogP contribution >= 0.6 is 11.8 Å². The van der Waals surface area contributed by atoms with Crippen molar-refractivity contribution in [3.8, 4) is 11.8 Å². The molecule has 0 aromatic heterocycles. The molecule has 27 heavy (non-hydrogen) atoms. The third-order valence-corrected chi connectivity index (χ3v) is 4.31. The number of anilines is 1. The minimum Gasteiger partial charge on any atom is -0.496 e. The number of rotatable bonds is 5. The molecule has 1 N–H and O–H groups in total. The summed E-state index contributed by atoms with van der Waals surface area (Å²) in [6.45, 7) is 0. The fourth-order valence-electron chi connectivity index (χ4n) is 2.23. The highest BCUT2D eigenvalue weighted by Gasteiger charge is 2.30. The van der Waals surface area contributed by atoms with Crippen LogP contribution in [-0.2, 0) is 11.0 Å². The molecule has 0 aliphatic carbocycles. The van der Waals surface area contributed by atoms with Gasteiger partial charge in [0.05, 0.1) is 12.7 Å². The molecule has 0 aliphatic rings. The summed E-state index contributed by atoms with van der Waals surface area (Å²) in [6, 6.07) is 11.1. The second-order valence-electron chi connectivity index (χ2n) is 5.32. The molecule has 4 nitrogen and oxygen atoms in total. The topological polar surface area (TPSA) is 62.1 Å². The van der Waals surface area contributed by atoms with Gasteiger partial charge in [-0.15, -0.1) is 11.8 Å². The van der Waals surface area contributed by atoms with Crippen LogP contribution in [0.15, 0.2) is 52.9 Å². The summed E-state index contributed by atoms with van der Waals surface area (Å²) in [7, 11) is 1.51. The molecule has 0 unspecified atom stereocenters. The molecule has 0 atom stereocenters. The van der Waals surface area contributed by atoms with Gasteiger partial charge in [0.1, 0.15) is 17.4 Å². The minimum absolute atomic E-state index is 0.0497. The Labute approximate surface area is 158 Å². The molecule has 2 aromatic carbocycles. The van der Waals surface area contributed by atoms with Crippen LogP contribution in [0.2, 0.25) is 0 Å². The Balaban J connectivity index is 2.26. The zero-order chi connectivity index (χ0) is 20.0. The molecule has 0 radical (unpaired) electrons. The quantitative estimate of drug-likeness (QED) is 0.443. The number of nitrogens with zero attached hydrogens (tertiary/aromatic N) is 1. The lowest BCUT2D eigenvalue weighted by Crippen LogP contribution is -2.14. The lowest BCUT2D eigenvalue weighted by Gasteiger charge is -2.10. The van der Waals surface area contributed by atoms with Crippen LogP contribution < -0.4 is 10.1 Å². The molecule has 0 spiro atoms. The van der Waals surface area contributed by atoms with E-state index in [2.05, 4.69) is 5.32 Å². The van der Waals surface area contributed by atoms with Gasteiger partial charge in [0, 0.05) is 10.6 Å². The maximum atomic E-state index is 12.8. The fraction of sp³-hybridized carbons (Fsp3) is 0.158. The van der Waals surface area contributed by atoms with Crippen LogP contribution in [0.1, 0.15) is 11.1 Å². The maximum absolute atomic E-state index is 12.8. The Morgan fingerprint density at radius 3 is 2.59 bits per heavy atom. The van der Waals surface area contributed by atoms with Crippen molar-refractivity contribution >= 4 is 29.4 Å². The van der Waals surface area contributed by atoms with Gasteiger partial charge in [0.15, 0.2) is 0 Å². The molecule has 0 fully saturated rings. The first kappa shape index (κ1) is 20.4. The van der Waals surface area contributed by atoms with Crippen molar-refractivity contribution in [2.24, 2.45) is 0 Å². The molecule has 140 valence electrons. The number of halogens is 3. The zero-order valence-electron chi connectivity index (χ0n) is 14.4. The molecule has 2 rings (SSSR count). The number of hydrogen-bond acceptors (Lipinski definition) is 4. The van der Waals surface area contributed by atoms with E-state index in [-0.39, 0.29) is 11.3 Å². The Morgan fingerprint density at radius 2 is 2.00 bits per heavy atom. The van der Waals surface area contributed by atoms with E-state index in [1.807, 2.05) is 6.26 Å². The van der Waals surface area contributed by atoms with Gasteiger partial charge < -0.3 is 10.1 Å². The number of alkyl halides is 3. The average molecular weight is 392 g/mol. The number of amides is 1. The number of carbonyl (C=O) groups is 1. The first-order chi connectivity index (χ1) is 12.8. The second-order valence-corrected chi connectivity index (χ2v) is 6.16. The number of nitriles is 1. The van der Waals surface area contributed by atoms with Crippen LogP contribution in [0.25, 0.3) is 6.08 Å². The van der Waals surface area contributed by atoms with Crippen molar-refractivity contribution in [1.82, 2.24) is 0 Å². The van der Waals surface area contributed by atoms with Crippen LogP contribution in [0, 0.1) is 11.3 Å². The third-order valence-electron chi connectivity index (χ3n) is 3.53. The Bertz CT molecular complexity index is 918. The van der Waals surface area contributed by atoms with E-state index in [0.717, 1.165) is 17.0 Å². The van der Waals surface area contributed by atoms with Gasteiger partial charge in [-0.05, 0) is 48.2 Å². The van der Waals surface area contributed by atoms with Crippen molar-refractivity contribution < 1.29 is 22.7 Å². The molecule has 2 aromatic rings. The first-order valence-electron chi connectivity index (χ1n) is 7.61. The largest absolute Gasteiger partial charge is 0.496 e. The predicted molar refractivity (Wildman–Crippen MR) is 98.4 cm³/mol. The van der Waals surface area contributed by atoms with E-state index < -0.39 is 17.6 Å². The minimum atomic E-state index is -4.52. The van der Waals surface area contributed by atoms with Crippen LogP contribution in [0.4, 0.5) is 18.9 Å². The fourth-order valence-corrected chi connectivity index (χ4v) is 2.78. The van der Waals surface area contributed by atoms with Crippen LogP contribution in [0.5, 0.6) is 5.75 Å². The number of nitrogens with one attached hydrogen (secondary N) is 1. The highest BCUT2D eigenvalue weighted by Crippen LogP contribution is 2.31. The summed E-state index contributed by atoms with van der Waals surface area (Å²) >= 11 is 1.48. The summed E-state index contributed by atoms with van der Waals surface area (Å²) in [5.74, 6) is -0.212. The zero-order valence-corrected chi connectivity index (χ0v) is 15.2. The van der Waals surface area contributed by atoms with E-state index in [1.165, 1.54) is 37.1 Å². The molecule has 0 saturated carbocycles. The number of carbonyl (C=O) groups excluding carboxylic acids is 1. The van der Waals surface area contributed by atoms with Gasteiger partial charge in [-0.3, -0.25) is 4.79 Å². The normalized spacial score (nSPS) is 11.6. The number of methoxy groups -OCH3 is 1. The van der Waals surface area contributed by atoms with Crippen molar-refractivity contribution in [3.63, 3.8) is 0 Å². The number of thioether (sulfide) groups is 1.